The summed E-state index contributed by atoms with van der Waals surface area (Å²) >= 11 is 0. The van der Waals surface area contributed by atoms with Crippen LogP contribution in [0.5, 0.6) is 5.75 Å². The molecule has 13 heteroatoms. The van der Waals surface area contributed by atoms with E-state index in [1.54, 1.807) is 41.5 Å². The summed E-state index contributed by atoms with van der Waals surface area (Å²) in [6, 6.07) is -1.60. The number of halogens is 4. The summed E-state index contributed by atoms with van der Waals surface area (Å²) in [5, 5.41) is 11.8. The lowest BCUT2D eigenvalue weighted by atomic mass is 10.0. The molecule has 0 aliphatic heterocycles. The van der Waals surface area contributed by atoms with Crippen LogP contribution >= 0.6 is 0 Å². The quantitative estimate of drug-likeness (QED) is 0.0668. The Morgan fingerprint density at radius 2 is 1.34 bits per heavy atom. The molecular formula is C31H48F4N2O7. The molecule has 0 aromatic heterocycles. The first kappa shape index (κ1) is 38.9. The molecule has 2 unspecified atom stereocenters. The van der Waals surface area contributed by atoms with Crippen LogP contribution in [0.25, 0.3) is 0 Å². The molecule has 2 atom stereocenters. The first-order valence-electron chi connectivity index (χ1n) is 15.0. The normalized spacial score (nSPS) is 13.2. The van der Waals surface area contributed by atoms with E-state index in [1.807, 2.05) is 0 Å². The van der Waals surface area contributed by atoms with Gasteiger partial charge in [-0.15, -0.1) is 0 Å². The van der Waals surface area contributed by atoms with Crippen LogP contribution in [0.15, 0.2) is 6.07 Å². The van der Waals surface area contributed by atoms with Gasteiger partial charge in [-0.3, -0.25) is 9.59 Å². The Hall–Kier alpha value is -3.09. The molecule has 0 aliphatic carbocycles. The molecule has 0 fully saturated rings. The highest BCUT2D eigenvalue weighted by Gasteiger charge is 2.36. The first-order chi connectivity index (χ1) is 20.4. The molecule has 0 radical (unpaired) electrons. The second-order valence-corrected chi connectivity index (χ2v) is 12.6. The Balaban J connectivity index is 3.26. The third-order valence-electron chi connectivity index (χ3n) is 6.17. The molecule has 1 aromatic rings. The number of amides is 2. The minimum absolute atomic E-state index is 0.00434. The van der Waals surface area contributed by atoms with Gasteiger partial charge in [-0.2, -0.15) is 8.78 Å². The Kier molecular flexibility index (Phi) is 15.9. The maximum absolute atomic E-state index is 14.2. The lowest BCUT2D eigenvalue weighted by Crippen LogP contribution is -2.58. The molecule has 0 saturated heterocycles. The van der Waals surface area contributed by atoms with Gasteiger partial charge in [0.2, 0.25) is 17.5 Å². The minimum atomic E-state index is -1.91. The van der Waals surface area contributed by atoms with E-state index < -0.39 is 83.4 Å². The average Bonchev–Trinajstić information content (AvgIpc) is 2.88. The molecule has 44 heavy (non-hydrogen) atoms. The molecule has 2 N–H and O–H groups in total. The summed E-state index contributed by atoms with van der Waals surface area (Å²) in [5.41, 5.74) is 0.332. The van der Waals surface area contributed by atoms with Crippen molar-refractivity contribution in [2.45, 2.75) is 136 Å². The van der Waals surface area contributed by atoms with Gasteiger partial charge in [-0.05, 0) is 48.0 Å². The van der Waals surface area contributed by atoms with E-state index in [9.17, 15) is 37.1 Å². The Morgan fingerprint density at radius 1 is 0.841 bits per heavy atom. The summed E-state index contributed by atoms with van der Waals surface area (Å²) < 4.78 is 71.3. The topological polar surface area (TPSA) is 114 Å². The van der Waals surface area contributed by atoms with Gasteiger partial charge in [0.25, 0.3) is 0 Å². The van der Waals surface area contributed by atoms with Crippen molar-refractivity contribution in [2.75, 3.05) is 6.61 Å². The number of aliphatic hydroxyl groups excluding tert-OH is 1. The van der Waals surface area contributed by atoms with E-state index in [-0.39, 0.29) is 12.5 Å². The zero-order valence-electron chi connectivity index (χ0n) is 26.9. The molecule has 1 aromatic carbocycles. The van der Waals surface area contributed by atoms with Crippen LogP contribution in [-0.4, -0.2) is 58.0 Å². The van der Waals surface area contributed by atoms with Crippen molar-refractivity contribution in [2.24, 2.45) is 0 Å². The fourth-order valence-electron chi connectivity index (χ4n) is 4.17. The number of nitrogens with zero attached hydrogens (tertiary/aromatic N) is 1. The number of rotatable bonds is 16. The van der Waals surface area contributed by atoms with E-state index >= 15 is 0 Å². The van der Waals surface area contributed by atoms with Gasteiger partial charge in [0, 0.05) is 12.5 Å². The Labute approximate surface area is 257 Å². The van der Waals surface area contributed by atoms with Gasteiger partial charge >= 0.3 is 12.1 Å². The van der Waals surface area contributed by atoms with Crippen LogP contribution < -0.4 is 10.2 Å². The number of esters is 1. The van der Waals surface area contributed by atoms with E-state index in [0.29, 0.717) is 17.9 Å². The van der Waals surface area contributed by atoms with Crippen LogP contribution in [0.1, 0.15) is 113 Å². The molecule has 0 spiro atoms. The maximum Gasteiger partial charge on any atom is 0.426 e. The third-order valence-corrected chi connectivity index (χ3v) is 6.17. The van der Waals surface area contributed by atoms with Crippen LogP contribution in [0.3, 0.4) is 0 Å². The second kappa shape index (κ2) is 18.0. The number of carbonyl (C=O) groups is 3. The van der Waals surface area contributed by atoms with Crippen molar-refractivity contribution in [3.05, 3.63) is 29.3 Å². The number of aliphatic hydroxyl groups is 1. The third kappa shape index (κ3) is 14.6. The molecule has 9 nitrogen and oxygen atoms in total. The number of hydrogen-bond donors (Lipinski definition) is 2. The van der Waals surface area contributed by atoms with E-state index in [0.717, 1.165) is 38.5 Å². The number of hydrogen-bond acceptors (Lipinski definition) is 7. The average molecular weight is 637 g/mol. The number of carbonyl (C=O) groups excluding carboxylic acids is 3. The van der Waals surface area contributed by atoms with Crippen LogP contribution in [-0.2, 0) is 19.1 Å². The standard InChI is InChI=1S/C31H48F4N2O7/c1-8-9-10-11-12-13-14-15-16-24(39)37(36-29(41)44-31(5,6)7)22(18-25(40)43-30(2,3)4)23(38)19-42-28-26(34)20(32)17-21(33)27(28)35/h17,22-23,38H,8-16,18-19H2,1-7H3,(H,36,41). The second-order valence-electron chi connectivity index (χ2n) is 12.6. The summed E-state index contributed by atoms with van der Waals surface area (Å²) in [5.74, 6) is -10.1. The summed E-state index contributed by atoms with van der Waals surface area (Å²) in [6.07, 6.45) is 3.76. The molecule has 2 amide bonds. The van der Waals surface area contributed by atoms with Crippen molar-refractivity contribution < 1.29 is 51.3 Å². The van der Waals surface area contributed by atoms with Gasteiger partial charge < -0.3 is 19.3 Å². The zero-order valence-corrected chi connectivity index (χ0v) is 26.9. The fourth-order valence-corrected chi connectivity index (χ4v) is 4.17. The largest absolute Gasteiger partial charge is 0.485 e. The molecule has 0 bridgehead atoms. The van der Waals surface area contributed by atoms with Crippen molar-refractivity contribution in [1.82, 2.24) is 10.4 Å². The van der Waals surface area contributed by atoms with Crippen molar-refractivity contribution >= 4 is 18.0 Å². The fraction of sp³-hybridized carbons (Fsp3) is 0.710. The number of hydrazine groups is 1. The van der Waals surface area contributed by atoms with E-state index in [4.69, 9.17) is 14.2 Å². The predicted molar refractivity (Wildman–Crippen MR) is 155 cm³/mol. The van der Waals surface area contributed by atoms with Crippen molar-refractivity contribution in [3.63, 3.8) is 0 Å². The molecule has 252 valence electrons. The lowest BCUT2D eigenvalue weighted by molar-refractivity contribution is -0.160. The molecule has 1 rings (SSSR count). The predicted octanol–water partition coefficient (Wildman–Crippen LogP) is 6.88. The Bertz CT molecular complexity index is 1060. The van der Waals surface area contributed by atoms with Crippen LogP contribution in [0, 0.1) is 23.3 Å². The smallest absolute Gasteiger partial charge is 0.426 e. The van der Waals surface area contributed by atoms with Crippen LogP contribution in [0.2, 0.25) is 0 Å². The highest BCUT2D eigenvalue weighted by molar-refractivity contribution is 5.81. The zero-order chi connectivity index (χ0) is 33.7. The Morgan fingerprint density at radius 3 is 1.84 bits per heavy atom. The molecular weight excluding hydrogens is 588 g/mol. The van der Waals surface area contributed by atoms with Crippen molar-refractivity contribution in [1.29, 1.82) is 0 Å². The number of benzene rings is 1. The lowest BCUT2D eigenvalue weighted by Gasteiger charge is -2.35. The molecule has 0 heterocycles. The summed E-state index contributed by atoms with van der Waals surface area (Å²) in [6.45, 7) is 10.6. The number of ether oxygens (including phenoxy) is 3. The van der Waals surface area contributed by atoms with Gasteiger partial charge in [0.15, 0.2) is 17.4 Å². The van der Waals surface area contributed by atoms with E-state index in [2.05, 4.69) is 12.3 Å². The highest BCUT2D eigenvalue weighted by atomic mass is 19.2. The highest BCUT2D eigenvalue weighted by Crippen LogP contribution is 2.27. The first-order valence-corrected chi connectivity index (χ1v) is 15.0. The monoisotopic (exact) mass is 636 g/mol. The van der Waals surface area contributed by atoms with Gasteiger partial charge in [-0.1, -0.05) is 51.9 Å². The van der Waals surface area contributed by atoms with E-state index in [1.165, 1.54) is 0 Å². The summed E-state index contributed by atoms with van der Waals surface area (Å²) in [4.78, 5) is 39.0. The van der Waals surface area contributed by atoms with Crippen LogP contribution in [0.4, 0.5) is 22.4 Å². The minimum Gasteiger partial charge on any atom is -0.485 e. The summed E-state index contributed by atoms with van der Waals surface area (Å²) in [7, 11) is 0. The number of unbranched alkanes of at least 4 members (excludes halogenated alkanes) is 7. The maximum atomic E-state index is 14.2. The SMILES string of the molecule is CCCCCCCCCCC(=O)N(NC(=O)OC(C)(C)C)C(CC(=O)OC(C)(C)C)C(O)COc1c(F)c(F)cc(F)c1F. The van der Waals surface area contributed by atoms with Gasteiger partial charge in [0.1, 0.15) is 23.9 Å². The van der Waals surface area contributed by atoms with Crippen molar-refractivity contribution in [3.8, 4) is 5.75 Å². The van der Waals surface area contributed by atoms with Gasteiger partial charge in [0.05, 0.1) is 12.5 Å². The number of nitrogens with one attached hydrogen (secondary N) is 1. The molecule has 0 aliphatic rings. The molecule has 0 saturated carbocycles. The van der Waals surface area contributed by atoms with Gasteiger partial charge in [-0.25, -0.2) is 24.0 Å².